The minimum atomic E-state index is -1.45. The summed E-state index contributed by atoms with van der Waals surface area (Å²) in [5, 5.41) is 0. The van der Waals surface area contributed by atoms with E-state index in [4.69, 9.17) is 0 Å². The number of benzene rings is 1. The van der Waals surface area contributed by atoms with Crippen molar-refractivity contribution in [3.8, 4) is 11.8 Å². The molecular weight excluding hydrogens is 369 g/mol. The van der Waals surface area contributed by atoms with Crippen molar-refractivity contribution in [1.82, 2.24) is 0 Å². The van der Waals surface area contributed by atoms with Gasteiger partial charge in [0.1, 0.15) is 0 Å². The molecule has 0 amide bonds. The van der Waals surface area contributed by atoms with Crippen molar-refractivity contribution in [3.63, 3.8) is 0 Å². The third kappa shape index (κ3) is 6.66. The molecule has 0 aliphatic heterocycles. The lowest BCUT2D eigenvalue weighted by atomic mass is 9.75. The van der Waals surface area contributed by atoms with Crippen LogP contribution in [-0.4, -0.2) is 0 Å². The highest BCUT2D eigenvalue weighted by Gasteiger charge is 2.23. The fourth-order valence-corrected chi connectivity index (χ4v) is 5.01. The first-order chi connectivity index (χ1) is 14.0. The number of hydrogen-bond acceptors (Lipinski definition) is 0. The molecule has 1 aromatic carbocycles. The lowest BCUT2D eigenvalue weighted by Gasteiger charge is -2.31. The van der Waals surface area contributed by atoms with E-state index in [9.17, 15) is 13.2 Å². The fraction of sp³-hybridized carbons (Fsp3) is 0.615. The van der Waals surface area contributed by atoms with Crippen LogP contribution in [0.2, 0.25) is 0 Å². The van der Waals surface area contributed by atoms with E-state index in [0.717, 1.165) is 29.9 Å². The third-order valence-electron chi connectivity index (χ3n) is 7.07. The van der Waals surface area contributed by atoms with Gasteiger partial charge in [0.15, 0.2) is 17.5 Å². The van der Waals surface area contributed by atoms with Crippen LogP contribution in [0, 0.1) is 53.0 Å². The van der Waals surface area contributed by atoms with E-state index in [-0.39, 0.29) is 5.56 Å². The zero-order valence-electron chi connectivity index (χ0n) is 17.5. The Hall–Kier alpha value is -1.69. The molecule has 2 saturated carbocycles. The van der Waals surface area contributed by atoms with Gasteiger partial charge in [0.05, 0.1) is 0 Å². The first-order valence-corrected chi connectivity index (χ1v) is 11.4. The molecule has 0 aromatic heterocycles. The molecule has 0 bridgehead atoms. The lowest BCUT2D eigenvalue weighted by molar-refractivity contribution is 0.224. The molecule has 0 heterocycles. The maximum Gasteiger partial charge on any atom is 0.194 e. The molecule has 29 heavy (non-hydrogen) atoms. The second-order valence-electron chi connectivity index (χ2n) is 9.04. The summed E-state index contributed by atoms with van der Waals surface area (Å²) < 4.78 is 39.3. The van der Waals surface area contributed by atoms with E-state index >= 15 is 0 Å². The van der Waals surface area contributed by atoms with E-state index in [0.29, 0.717) is 5.92 Å². The topological polar surface area (TPSA) is 0 Å². The Morgan fingerprint density at radius 3 is 1.90 bits per heavy atom. The molecule has 0 radical (unpaired) electrons. The zero-order chi connectivity index (χ0) is 20.6. The molecular formula is C26H33F3. The smallest absolute Gasteiger partial charge is 0.194 e. The predicted molar refractivity (Wildman–Crippen MR) is 113 cm³/mol. The van der Waals surface area contributed by atoms with Gasteiger partial charge in [-0.25, -0.2) is 13.2 Å². The summed E-state index contributed by atoms with van der Waals surface area (Å²) in [5.41, 5.74) is 0.155. The molecule has 3 heteroatoms. The van der Waals surface area contributed by atoms with Gasteiger partial charge >= 0.3 is 0 Å². The highest BCUT2D eigenvalue weighted by atomic mass is 19.2. The summed E-state index contributed by atoms with van der Waals surface area (Å²) in [4.78, 5) is 0. The summed E-state index contributed by atoms with van der Waals surface area (Å²) >= 11 is 0. The Morgan fingerprint density at radius 2 is 1.34 bits per heavy atom. The Labute approximate surface area is 174 Å². The Morgan fingerprint density at radius 1 is 0.828 bits per heavy atom. The molecule has 0 spiro atoms. The quantitative estimate of drug-likeness (QED) is 0.348. The molecule has 0 saturated heterocycles. The number of halogens is 3. The average Bonchev–Trinajstić information content (AvgIpc) is 2.74. The van der Waals surface area contributed by atoms with Crippen molar-refractivity contribution >= 4 is 0 Å². The maximum atomic E-state index is 13.2. The first kappa shape index (κ1) is 22.0. The largest absolute Gasteiger partial charge is 0.204 e. The van der Waals surface area contributed by atoms with Crippen LogP contribution in [0.4, 0.5) is 13.2 Å². The van der Waals surface area contributed by atoms with Crippen molar-refractivity contribution in [2.45, 2.75) is 77.6 Å². The predicted octanol–water partition coefficient (Wildman–Crippen LogP) is 7.81. The van der Waals surface area contributed by atoms with E-state index in [2.05, 4.69) is 24.8 Å². The first-order valence-electron chi connectivity index (χ1n) is 11.4. The van der Waals surface area contributed by atoms with Crippen molar-refractivity contribution in [2.75, 3.05) is 0 Å². The van der Waals surface area contributed by atoms with E-state index in [1.807, 2.05) is 0 Å². The van der Waals surface area contributed by atoms with Crippen LogP contribution in [0.5, 0.6) is 0 Å². The van der Waals surface area contributed by atoms with Crippen LogP contribution in [0.3, 0.4) is 0 Å². The molecule has 2 fully saturated rings. The summed E-state index contributed by atoms with van der Waals surface area (Å²) in [7, 11) is 0. The van der Waals surface area contributed by atoms with Crippen molar-refractivity contribution in [2.24, 2.45) is 23.7 Å². The highest BCUT2D eigenvalue weighted by molar-refractivity contribution is 5.37. The minimum absolute atomic E-state index is 0.155. The Kier molecular flexibility index (Phi) is 8.28. The summed E-state index contributed by atoms with van der Waals surface area (Å²) in [6, 6.07) is 1.86. The van der Waals surface area contributed by atoms with Crippen LogP contribution in [-0.2, 0) is 0 Å². The molecule has 0 nitrogen and oxygen atoms in total. The zero-order valence-corrected chi connectivity index (χ0v) is 17.5. The number of allylic oxidation sites excluding steroid dienone is 2. The van der Waals surface area contributed by atoms with Gasteiger partial charge in [-0.3, -0.25) is 0 Å². The molecule has 0 unspecified atom stereocenters. The molecule has 158 valence electrons. The SMILES string of the molecule is CCC1CCC(CCC2CCC(C=CC#Cc3cc(F)c(F)c(F)c3)CC2)CC1. The maximum absolute atomic E-state index is 13.2. The van der Waals surface area contributed by atoms with Crippen LogP contribution >= 0.6 is 0 Å². The van der Waals surface area contributed by atoms with Gasteiger partial charge in [0.2, 0.25) is 0 Å². The Bertz CT molecular complexity index is 716. The highest BCUT2D eigenvalue weighted by Crippen LogP contribution is 2.37. The molecule has 2 aliphatic carbocycles. The standard InChI is InChI=1S/C26H33F3/c1-2-19-7-9-21(10-8-19)15-16-22-13-11-20(12-14-22)5-3-4-6-23-17-24(27)26(29)25(28)18-23/h3,5,17-22H,2,7-16H2,1H3. The molecule has 0 N–H and O–H groups in total. The van der Waals surface area contributed by atoms with Gasteiger partial charge in [-0.1, -0.05) is 69.8 Å². The lowest BCUT2D eigenvalue weighted by Crippen LogP contribution is -2.17. The van der Waals surface area contributed by atoms with Gasteiger partial charge in [-0.05, 0) is 67.6 Å². The summed E-state index contributed by atoms with van der Waals surface area (Å²) in [6.45, 7) is 2.33. The van der Waals surface area contributed by atoms with Crippen molar-refractivity contribution in [1.29, 1.82) is 0 Å². The van der Waals surface area contributed by atoms with Crippen LogP contribution in [0.25, 0.3) is 0 Å². The second kappa shape index (κ2) is 10.9. The monoisotopic (exact) mass is 402 g/mol. The summed E-state index contributed by atoms with van der Waals surface area (Å²) in [6.07, 6.45) is 18.8. The van der Waals surface area contributed by atoms with Crippen LogP contribution < -0.4 is 0 Å². The minimum Gasteiger partial charge on any atom is -0.204 e. The van der Waals surface area contributed by atoms with Gasteiger partial charge in [-0.15, -0.1) is 0 Å². The van der Waals surface area contributed by atoms with Gasteiger partial charge in [-0.2, -0.15) is 0 Å². The molecule has 3 rings (SSSR count). The van der Waals surface area contributed by atoms with Crippen molar-refractivity contribution in [3.05, 3.63) is 47.3 Å². The van der Waals surface area contributed by atoms with Gasteiger partial charge < -0.3 is 0 Å². The number of rotatable bonds is 5. The van der Waals surface area contributed by atoms with E-state index in [1.165, 1.54) is 70.6 Å². The Balaban J connectivity index is 1.37. The molecule has 0 atom stereocenters. The fourth-order valence-electron chi connectivity index (χ4n) is 5.01. The van der Waals surface area contributed by atoms with Gasteiger partial charge in [0, 0.05) is 5.56 Å². The average molecular weight is 403 g/mol. The summed E-state index contributed by atoms with van der Waals surface area (Å²) in [5.74, 6) is 5.03. The molecule has 2 aliphatic rings. The number of hydrogen-bond donors (Lipinski definition) is 0. The van der Waals surface area contributed by atoms with Crippen LogP contribution in [0.1, 0.15) is 83.1 Å². The van der Waals surface area contributed by atoms with E-state index < -0.39 is 17.5 Å². The molecule has 1 aromatic rings. The van der Waals surface area contributed by atoms with E-state index in [1.54, 1.807) is 6.08 Å². The van der Waals surface area contributed by atoms with Gasteiger partial charge in [0.25, 0.3) is 0 Å². The normalized spacial score (nSPS) is 27.6. The van der Waals surface area contributed by atoms with Crippen molar-refractivity contribution < 1.29 is 13.2 Å². The third-order valence-corrected chi connectivity index (χ3v) is 7.07. The van der Waals surface area contributed by atoms with Crippen LogP contribution in [0.15, 0.2) is 24.3 Å². The second-order valence-corrected chi connectivity index (χ2v) is 9.04.